The van der Waals surface area contributed by atoms with Gasteiger partial charge in [0.05, 0.1) is 5.75 Å². The van der Waals surface area contributed by atoms with E-state index < -0.39 is 10.0 Å². The van der Waals surface area contributed by atoms with Crippen LogP contribution < -0.4 is 10.0 Å². The lowest BCUT2D eigenvalue weighted by atomic mass is 9.96. The van der Waals surface area contributed by atoms with Crippen LogP contribution in [0.15, 0.2) is 0 Å². The molecule has 1 saturated carbocycles. The highest BCUT2D eigenvalue weighted by Gasteiger charge is 2.24. The second kappa shape index (κ2) is 8.40. The van der Waals surface area contributed by atoms with E-state index in [1.807, 2.05) is 18.7 Å². The van der Waals surface area contributed by atoms with Gasteiger partial charge in [-0.2, -0.15) is 11.8 Å². The molecule has 0 radical (unpaired) electrons. The molecule has 0 amide bonds. The number of nitrogens with one attached hydrogen (secondary N) is 2. The van der Waals surface area contributed by atoms with Crippen LogP contribution in [0.3, 0.4) is 0 Å². The highest BCUT2D eigenvalue weighted by atomic mass is 32.2. The van der Waals surface area contributed by atoms with Gasteiger partial charge in [0, 0.05) is 11.3 Å². The molecular weight excluding hydrogens is 268 g/mol. The molecule has 2 N–H and O–H groups in total. The van der Waals surface area contributed by atoms with Crippen molar-refractivity contribution in [3.8, 4) is 0 Å². The number of thioether (sulfide) groups is 1. The second-order valence-electron chi connectivity index (χ2n) is 4.87. The quantitative estimate of drug-likeness (QED) is 0.667. The summed E-state index contributed by atoms with van der Waals surface area (Å²) in [7, 11) is -3.09. The Balaban J connectivity index is 2.30. The van der Waals surface area contributed by atoms with E-state index in [2.05, 4.69) is 16.3 Å². The van der Waals surface area contributed by atoms with Gasteiger partial charge < -0.3 is 5.32 Å². The van der Waals surface area contributed by atoms with Gasteiger partial charge in [0.1, 0.15) is 0 Å². The van der Waals surface area contributed by atoms with Crippen LogP contribution in [-0.2, 0) is 10.0 Å². The van der Waals surface area contributed by atoms with Crippen LogP contribution in [0, 0.1) is 0 Å². The van der Waals surface area contributed by atoms with Gasteiger partial charge in [-0.1, -0.05) is 13.3 Å². The van der Waals surface area contributed by atoms with Gasteiger partial charge in [-0.15, -0.1) is 0 Å². The molecule has 4 nitrogen and oxygen atoms in total. The maximum atomic E-state index is 11.9. The molecule has 0 aromatic carbocycles. The lowest BCUT2D eigenvalue weighted by molar-refractivity contribution is 0.420. The molecule has 0 aliphatic heterocycles. The van der Waals surface area contributed by atoms with Gasteiger partial charge in [-0.05, 0) is 45.0 Å². The third-order valence-electron chi connectivity index (χ3n) is 3.32. The van der Waals surface area contributed by atoms with Gasteiger partial charge in [0.2, 0.25) is 10.0 Å². The molecule has 0 spiro atoms. The summed E-state index contributed by atoms with van der Waals surface area (Å²) in [6.45, 7) is 3.69. The lowest BCUT2D eigenvalue weighted by Gasteiger charge is -2.28. The average Bonchev–Trinajstić information content (AvgIpc) is 2.34. The fourth-order valence-electron chi connectivity index (χ4n) is 2.34. The third kappa shape index (κ3) is 6.41. The van der Waals surface area contributed by atoms with Crippen molar-refractivity contribution in [3.63, 3.8) is 0 Å². The molecule has 18 heavy (non-hydrogen) atoms. The van der Waals surface area contributed by atoms with Crippen LogP contribution in [0.25, 0.3) is 0 Å². The van der Waals surface area contributed by atoms with Crippen LogP contribution in [-0.4, -0.2) is 44.8 Å². The van der Waals surface area contributed by atoms with Gasteiger partial charge in [0.25, 0.3) is 0 Å². The molecule has 6 heteroatoms. The summed E-state index contributed by atoms with van der Waals surface area (Å²) >= 11 is 1.86. The van der Waals surface area contributed by atoms with Gasteiger partial charge in [-0.3, -0.25) is 0 Å². The van der Waals surface area contributed by atoms with Gasteiger partial charge in [-0.25, -0.2) is 13.1 Å². The minimum atomic E-state index is -3.09. The fourth-order valence-corrected chi connectivity index (χ4v) is 4.53. The largest absolute Gasteiger partial charge is 0.317 e. The SMILES string of the molecule is CCNCCCS(=O)(=O)NC1CCCC(SC)C1. The van der Waals surface area contributed by atoms with Crippen molar-refractivity contribution in [1.82, 2.24) is 10.0 Å². The third-order valence-corrected chi connectivity index (χ3v) is 5.94. The molecular formula is C12H26N2O2S2. The van der Waals surface area contributed by atoms with Crippen LogP contribution >= 0.6 is 11.8 Å². The number of rotatable bonds is 8. The second-order valence-corrected chi connectivity index (χ2v) is 7.88. The highest BCUT2D eigenvalue weighted by molar-refractivity contribution is 7.99. The Bertz CT molecular complexity index is 320. The monoisotopic (exact) mass is 294 g/mol. The summed E-state index contributed by atoms with van der Waals surface area (Å²) < 4.78 is 26.7. The number of sulfonamides is 1. The first kappa shape index (κ1) is 16.3. The molecule has 0 saturated heterocycles. The minimum absolute atomic E-state index is 0.153. The standard InChI is InChI=1S/C12H26N2O2S2/c1-3-13-8-5-9-18(15,16)14-11-6-4-7-12(10-11)17-2/h11-14H,3-10H2,1-2H3. The first-order chi connectivity index (χ1) is 8.57. The van der Waals surface area contributed by atoms with E-state index in [1.165, 1.54) is 6.42 Å². The summed E-state index contributed by atoms with van der Waals surface area (Å²) in [4.78, 5) is 0. The van der Waals surface area contributed by atoms with Crippen LogP contribution in [0.2, 0.25) is 0 Å². The van der Waals surface area contributed by atoms with E-state index in [9.17, 15) is 8.42 Å². The minimum Gasteiger partial charge on any atom is -0.317 e. The number of hydrogen-bond donors (Lipinski definition) is 2. The molecule has 0 aromatic rings. The molecule has 1 fully saturated rings. The number of hydrogen-bond acceptors (Lipinski definition) is 4. The van der Waals surface area contributed by atoms with Crippen molar-refractivity contribution in [2.45, 2.75) is 50.3 Å². The normalized spacial score (nSPS) is 25.2. The molecule has 0 aromatic heterocycles. The lowest BCUT2D eigenvalue weighted by Crippen LogP contribution is -2.40. The Hall–Kier alpha value is 0.220. The molecule has 0 heterocycles. The van der Waals surface area contributed by atoms with E-state index >= 15 is 0 Å². The molecule has 1 aliphatic carbocycles. The fraction of sp³-hybridized carbons (Fsp3) is 1.00. The molecule has 1 rings (SSSR count). The van der Waals surface area contributed by atoms with E-state index in [-0.39, 0.29) is 11.8 Å². The van der Waals surface area contributed by atoms with Crippen molar-refractivity contribution >= 4 is 21.8 Å². The van der Waals surface area contributed by atoms with Crippen molar-refractivity contribution in [2.24, 2.45) is 0 Å². The van der Waals surface area contributed by atoms with Crippen LogP contribution in [0.5, 0.6) is 0 Å². The predicted octanol–water partition coefficient (Wildman–Crippen LogP) is 1.58. The van der Waals surface area contributed by atoms with Crippen molar-refractivity contribution in [1.29, 1.82) is 0 Å². The highest BCUT2D eigenvalue weighted by Crippen LogP contribution is 2.27. The molecule has 1 aliphatic rings. The van der Waals surface area contributed by atoms with E-state index in [0.717, 1.165) is 32.4 Å². The topological polar surface area (TPSA) is 58.2 Å². The first-order valence-corrected chi connectivity index (χ1v) is 9.75. The zero-order valence-electron chi connectivity index (χ0n) is 11.4. The Morgan fingerprint density at radius 2 is 2.11 bits per heavy atom. The smallest absolute Gasteiger partial charge is 0.211 e. The van der Waals surface area contributed by atoms with Gasteiger partial charge in [0.15, 0.2) is 0 Å². The summed E-state index contributed by atoms with van der Waals surface area (Å²) in [6.07, 6.45) is 7.12. The Morgan fingerprint density at radius 1 is 1.33 bits per heavy atom. The zero-order chi connectivity index (χ0) is 13.4. The average molecular weight is 294 g/mol. The van der Waals surface area contributed by atoms with Gasteiger partial charge >= 0.3 is 0 Å². The summed E-state index contributed by atoms with van der Waals surface area (Å²) in [5.41, 5.74) is 0. The first-order valence-electron chi connectivity index (χ1n) is 6.81. The van der Waals surface area contributed by atoms with Crippen LogP contribution in [0.4, 0.5) is 0 Å². The van der Waals surface area contributed by atoms with E-state index in [1.54, 1.807) is 0 Å². The predicted molar refractivity (Wildman–Crippen MR) is 79.6 cm³/mol. The Kier molecular flexibility index (Phi) is 7.60. The maximum absolute atomic E-state index is 11.9. The maximum Gasteiger partial charge on any atom is 0.211 e. The van der Waals surface area contributed by atoms with Crippen LogP contribution in [0.1, 0.15) is 39.0 Å². The summed E-state index contributed by atoms with van der Waals surface area (Å²) in [6, 6.07) is 0.153. The van der Waals surface area contributed by atoms with E-state index in [4.69, 9.17) is 0 Å². The Labute approximate surface area is 116 Å². The molecule has 108 valence electrons. The summed E-state index contributed by atoms with van der Waals surface area (Å²) in [5.74, 6) is 0.237. The van der Waals surface area contributed by atoms with Crippen molar-refractivity contribution < 1.29 is 8.42 Å². The van der Waals surface area contributed by atoms with Crippen molar-refractivity contribution in [3.05, 3.63) is 0 Å². The molecule has 2 unspecified atom stereocenters. The molecule has 0 bridgehead atoms. The Morgan fingerprint density at radius 3 is 2.78 bits per heavy atom. The zero-order valence-corrected chi connectivity index (χ0v) is 13.1. The van der Waals surface area contributed by atoms with Crippen molar-refractivity contribution in [2.75, 3.05) is 25.1 Å². The summed E-state index contributed by atoms with van der Waals surface area (Å²) in [5, 5.41) is 3.76. The molecule has 2 atom stereocenters. The van der Waals surface area contributed by atoms with E-state index in [0.29, 0.717) is 11.7 Å².